The molecule has 19 aromatic rings. The summed E-state index contributed by atoms with van der Waals surface area (Å²) in [6.45, 7) is 6.84. The van der Waals surface area contributed by atoms with Crippen LogP contribution in [0.3, 0.4) is 0 Å². The second kappa shape index (κ2) is 20.2. The number of rotatable bonds is 8. The highest BCUT2D eigenvalue weighted by Crippen LogP contribution is 2.60. The van der Waals surface area contributed by atoms with E-state index in [0.717, 1.165) is 176 Å². The number of hydrogen-bond acceptors (Lipinski definition) is 4. The van der Waals surface area contributed by atoms with Crippen molar-refractivity contribution >= 4 is 109 Å². The highest BCUT2D eigenvalue weighted by atomic mass is 16.1. The number of fused-ring (bicyclic) bond motifs is 20. The molecule has 0 N–H and O–H groups in total. The Balaban J connectivity index is 0.908. The molecule has 0 radical (unpaired) electrons. The quantitative estimate of drug-likeness (QED) is 0.142. The lowest BCUT2D eigenvalue weighted by atomic mass is 9.77. The molecule has 1 atom stereocenters. The molecule has 6 aromatic heterocycles. The van der Waals surface area contributed by atoms with Crippen molar-refractivity contribution in [3.05, 3.63) is 348 Å². The molecule has 1 spiro atoms. The highest BCUT2D eigenvalue weighted by Gasteiger charge is 2.51. The topological polar surface area (TPSA) is 74.4 Å². The summed E-state index contributed by atoms with van der Waals surface area (Å²) in [7, 11) is 0. The summed E-state index contributed by atoms with van der Waals surface area (Å²) in [5.74, 6) is 1.66. The minimum atomic E-state index is -1.02. The number of aromatic nitrogens is 7. The van der Waals surface area contributed by atoms with Gasteiger partial charge in [-0.25, -0.2) is 15.0 Å². The number of allylic oxidation sites excluding steroid dienone is 5. The fraction of sp³-hybridized carbons (Fsp3) is 0.0222. The first-order valence-corrected chi connectivity index (χ1v) is 33.4. The predicted octanol–water partition coefficient (Wildman–Crippen LogP) is 21.5. The smallest absolute Gasteiger partial charge is 0.265 e. The van der Waals surface area contributed by atoms with Gasteiger partial charge in [0.05, 0.1) is 60.7 Å². The molecule has 21 rings (SSSR count). The van der Waals surface area contributed by atoms with Crippen molar-refractivity contribution in [2.45, 2.75) is 12.5 Å². The van der Waals surface area contributed by atoms with Gasteiger partial charge < -0.3 is 13.5 Å². The monoisotopic (exact) mass is 1250 g/mol. The van der Waals surface area contributed by atoms with Gasteiger partial charge in [-0.1, -0.05) is 255 Å². The Morgan fingerprint density at radius 1 is 0.388 bits per heavy atom. The summed E-state index contributed by atoms with van der Waals surface area (Å²) in [4.78, 5) is 32.7. The summed E-state index contributed by atoms with van der Waals surface area (Å²) in [6, 6.07) is 104. The lowest BCUT2D eigenvalue weighted by Crippen LogP contribution is -2.36. The van der Waals surface area contributed by atoms with Crippen LogP contribution in [0, 0.1) is 0 Å². The van der Waals surface area contributed by atoms with E-state index >= 15 is 4.79 Å². The third-order valence-corrected chi connectivity index (χ3v) is 21.3. The van der Waals surface area contributed by atoms with E-state index in [1.54, 1.807) is 0 Å². The normalized spacial score (nSPS) is 14.5. The third kappa shape index (κ3) is 7.11. The van der Waals surface area contributed by atoms with Crippen LogP contribution < -0.4 is 5.56 Å². The van der Waals surface area contributed by atoms with Gasteiger partial charge in [0, 0.05) is 76.5 Å². The van der Waals surface area contributed by atoms with E-state index in [1.807, 2.05) is 71.1 Å². The number of para-hydroxylation sites is 5. The molecule has 0 saturated heterocycles. The van der Waals surface area contributed by atoms with Gasteiger partial charge in [0.1, 0.15) is 5.54 Å². The van der Waals surface area contributed by atoms with Gasteiger partial charge >= 0.3 is 0 Å². The Kier molecular flexibility index (Phi) is 11.2. The van der Waals surface area contributed by atoms with Gasteiger partial charge in [0.15, 0.2) is 17.5 Å². The summed E-state index contributed by atoms with van der Waals surface area (Å²) in [5.41, 5.74) is 23.5. The standard InChI is InChI=1S/C90H55N7O/c1-3-54(86-91-87(57-32-12-6-13-33-57)93-88(92-86)58-34-14-7-15-35-58)51-70-53(2)60-36-16-21-41-68(60)90(70)69-42-22-27-47-76(69)95-71-43-23-17-37-61(71)66-52-65(79-64-40-20-26-46-75(64)97(90)85(79)82(66)95)59-48-49-74-67(50-59)89(98)96-73-45-25-19-39-63(73)81-78(56-30-10-5-11-31-56)77(55-28-8-4-9-29-55)80-62-38-18-24-44-72(62)94(74)83(80)84(81)96/h3-52H,1H2,2H3. The molecule has 8 nitrogen and oxygen atoms in total. The molecule has 0 saturated carbocycles. The summed E-state index contributed by atoms with van der Waals surface area (Å²) in [6.07, 6.45) is 4.22. The molecule has 1 unspecified atom stereocenters. The lowest BCUT2D eigenvalue weighted by Gasteiger charge is -2.37. The molecule has 98 heavy (non-hydrogen) atoms. The van der Waals surface area contributed by atoms with E-state index in [-0.39, 0.29) is 5.56 Å². The first-order valence-electron chi connectivity index (χ1n) is 33.4. The second-order valence-corrected chi connectivity index (χ2v) is 26.1. The minimum absolute atomic E-state index is 0.0835. The molecule has 456 valence electrons. The average Bonchev–Trinajstić information content (AvgIpc) is 1.49. The van der Waals surface area contributed by atoms with Crippen LogP contribution in [-0.4, -0.2) is 32.9 Å². The third-order valence-electron chi connectivity index (χ3n) is 21.3. The summed E-state index contributed by atoms with van der Waals surface area (Å²) >= 11 is 0. The zero-order valence-electron chi connectivity index (χ0n) is 53.1. The first-order chi connectivity index (χ1) is 48.5. The molecule has 2 aliphatic rings. The fourth-order valence-corrected chi connectivity index (χ4v) is 17.4. The Morgan fingerprint density at radius 2 is 0.878 bits per heavy atom. The SMILES string of the molecule is C=CC(=CC1=C(C)c2ccccc2C12c1ccccc1-n1c3ccccc3c3cc(-c4ccc5c(c4)c(=O)n4c6ccccc6c6c(-c7ccccc7)c(-c7ccccc7)c7c8ccccc8n5c7c64)c4c5ccccc5n2c4c31)c1nc(-c2ccccc2)nc(-c2ccccc2)n1. The Bertz CT molecular complexity index is 6770. The minimum Gasteiger partial charge on any atom is -0.320 e. The molecule has 7 heterocycles. The van der Waals surface area contributed by atoms with Crippen LogP contribution in [0.25, 0.3) is 171 Å². The number of nitrogens with zero attached hydrogens (tertiary/aromatic N) is 7. The maximum absolute atomic E-state index is 16.9. The molecule has 8 heteroatoms. The molecule has 1 aliphatic heterocycles. The molecular weight excluding hydrogens is 1200 g/mol. The van der Waals surface area contributed by atoms with Gasteiger partial charge in [-0.15, -0.1) is 0 Å². The Hall–Kier alpha value is -13.0. The largest absolute Gasteiger partial charge is 0.320 e. The van der Waals surface area contributed by atoms with Crippen molar-refractivity contribution in [2.75, 3.05) is 0 Å². The Morgan fingerprint density at radius 3 is 1.50 bits per heavy atom. The van der Waals surface area contributed by atoms with Crippen LogP contribution >= 0.6 is 0 Å². The van der Waals surface area contributed by atoms with Crippen LogP contribution in [0.2, 0.25) is 0 Å². The van der Waals surface area contributed by atoms with Crippen LogP contribution in [0.5, 0.6) is 0 Å². The molecule has 0 amide bonds. The summed E-state index contributed by atoms with van der Waals surface area (Å²) < 4.78 is 9.65. The van der Waals surface area contributed by atoms with E-state index in [2.05, 4.69) is 264 Å². The van der Waals surface area contributed by atoms with E-state index in [1.165, 1.54) is 0 Å². The fourth-order valence-electron chi connectivity index (χ4n) is 17.4. The molecule has 1 aliphatic carbocycles. The summed E-state index contributed by atoms with van der Waals surface area (Å²) in [5, 5.41) is 9.32. The second-order valence-electron chi connectivity index (χ2n) is 26.1. The van der Waals surface area contributed by atoms with Crippen LogP contribution in [0.1, 0.15) is 29.4 Å². The maximum Gasteiger partial charge on any atom is 0.265 e. The highest BCUT2D eigenvalue weighted by molar-refractivity contribution is 6.34. The average molecular weight is 1250 g/mol. The first kappa shape index (κ1) is 54.4. The number of hydrogen-bond donors (Lipinski definition) is 0. The molecule has 0 fully saturated rings. The molecule has 0 bridgehead atoms. The van der Waals surface area contributed by atoms with Gasteiger partial charge in [0.25, 0.3) is 5.56 Å². The van der Waals surface area contributed by atoms with Gasteiger partial charge in [-0.05, 0) is 106 Å². The van der Waals surface area contributed by atoms with Gasteiger partial charge in [-0.3, -0.25) is 9.20 Å². The van der Waals surface area contributed by atoms with Crippen LogP contribution in [0.4, 0.5) is 0 Å². The molecule has 13 aromatic carbocycles. The van der Waals surface area contributed by atoms with Crippen molar-refractivity contribution in [2.24, 2.45) is 0 Å². The van der Waals surface area contributed by atoms with Gasteiger partial charge in [0.2, 0.25) is 0 Å². The van der Waals surface area contributed by atoms with Crippen molar-refractivity contribution in [3.63, 3.8) is 0 Å². The maximum atomic E-state index is 16.9. The van der Waals surface area contributed by atoms with Crippen molar-refractivity contribution in [1.82, 2.24) is 32.9 Å². The van der Waals surface area contributed by atoms with Crippen molar-refractivity contribution < 1.29 is 0 Å². The van der Waals surface area contributed by atoms with Crippen molar-refractivity contribution in [1.29, 1.82) is 0 Å². The number of benzene rings is 13. The zero-order valence-corrected chi connectivity index (χ0v) is 53.1. The van der Waals surface area contributed by atoms with E-state index in [0.29, 0.717) is 22.9 Å². The Labute approximate surface area is 561 Å². The van der Waals surface area contributed by atoms with E-state index in [4.69, 9.17) is 15.0 Å². The van der Waals surface area contributed by atoms with E-state index in [9.17, 15) is 0 Å². The lowest BCUT2D eigenvalue weighted by molar-refractivity contribution is 0.561. The van der Waals surface area contributed by atoms with Crippen LogP contribution in [0.15, 0.2) is 320 Å². The van der Waals surface area contributed by atoms with Crippen LogP contribution in [-0.2, 0) is 5.54 Å². The predicted molar refractivity (Wildman–Crippen MR) is 404 cm³/mol. The molecular formula is C90H55N7O. The van der Waals surface area contributed by atoms with E-state index < -0.39 is 5.54 Å². The van der Waals surface area contributed by atoms with Crippen molar-refractivity contribution in [3.8, 4) is 61.8 Å². The zero-order chi connectivity index (χ0) is 64.6. The van der Waals surface area contributed by atoms with Gasteiger partial charge in [-0.2, -0.15) is 0 Å².